The van der Waals surface area contributed by atoms with Gasteiger partial charge < -0.3 is 4.90 Å². The normalized spacial score (nSPS) is 13.6. The molecule has 21 heavy (non-hydrogen) atoms. The molecule has 0 atom stereocenters. The molecule has 2 heterocycles. The molecule has 1 aliphatic rings. The summed E-state index contributed by atoms with van der Waals surface area (Å²) >= 11 is 6.11. The van der Waals surface area contributed by atoms with Crippen molar-refractivity contribution in [2.75, 3.05) is 11.4 Å². The number of carbonyl (C=O) groups excluding carboxylic acids is 1. The van der Waals surface area contributed by atoms with Gasteiger partial charge in [0.1, 0.15) is 0 Å². The summed E-state index contributed by atoms with van der Waals surface area (Å²) in [5, 5.41) is 2.41. The van der Waals surface area contributed by atoms with E-state index in [2.05, 4.69) is 11.9 Å². The van der Waals surface area contributed by atoms with E-state index in [-0.39, 0.29) is 5.91 Å². The molecule has 1 aliphatic heterocycles. The van der Waals surface area contributed by atoms with Crippen LogP contribution in [-0.4, -0.2) is 17.4 Å². The molecule has 2 aromatic carbocycles. The Morgan fingerprint density at radius 2 is 2.05 bits per heavy atom. The van der Waals surface area contributed by atoms with Crippen molar-refractivity contribution >= 4 is 45.0 Å². The second kappa shape index (κ2) is 4.43. The number of anilines is 1. The van der Waals surface area contributed by atoms with Crippen LogP contribution in [0.15, 0.2) is 36.4 Å². The van der Waals surface area contributed by atoms with E-state index in [4.69, 9.17) is 11.6 Å². The second-order valence-corrected chi connectivity index (χ2v) is 5.71. The van der Waals surface area contributed by atoms with Crippen LogP contribution >= 0.6 is 11.6 Å². The molecular weight excluding hydrogens is 284 g/mol. The van der Waals surface area contributed by atoms with Crippen LogP contribution in [0.2, 0.25) is 5.02 Å². The van der Waals surface area contributed by atoms with Gasteiger partial charge in [-0.3, -0.25) is 4.79 Å². The lowest BCUT2D eigenvalue weighted by atomic mass is 10.0. The van der Waals surface area contributed by atoms with Gasteiger partial charge in [-0.25, -0.2) is 4.98 Å². The zero-order valence-corrected chi connectivity index (χ0v) is 12.3. The summed E-state index contributed by atoms with van der Waals surface area (Å²) < 4.78 is 0. The van der Waals surface area contributed by atoms with Crippen molar-refractivity contribution in [2.24, 2.45) is 0 Å². The highest BCUT2D eigenvalue weighted by Gasteiger charge is 2.31. The molecule has 0 fully saturated rings. The van der Waals surface area contributed by atoms with Gasteiger partial charge in [0.05, 0.1) is 22.3 Å². The summed E-state index contributed by atoms with van der Waals surface area (Å²) in [5.41, 5.74) is 3.38. The number of hydrogen-bond acceptors (Lipinski definition) is 2. The third-order valence-corrected chi connectivity index (χ3v) is 4.17. The van der Waals surface area contributed by atoms with E-state index in [9.17, 15) is 4.79 Å². The first-order chi connectivity index (χ1) is 10.2. The largest absolute Gasteiger partial charge is 0.308 e. The fourth-order valence-corrected chi connectivity index (χ4v) is 3.26. The van der Waals surface area contributed by atoms with Crippen LogP contribution < -0.4 is 4.90 Å². The van der Waals surface area contributed by atoms with E-state index in [1.165, 1.54) is 0 Å². The number of benzene rings is 2. The molecule has 3 aromatic rings. The van der Waals surface area contributed by atoms with Crippen LogP contribution in [-0.2, 0) is 0 Å². The first kappa shape index (κ1) is 12.6. The molecule has 0 N–H and O–H groups in total. The van der Waals surface area contributed by atoms with Crippen molar-refractivity contribution in [2.45, 2.75) is 13.3 Å². The highest BCUT2D eigenvalue weighted by Crippen LogP contribution is 2.40. The number of rotatable bonds is 2. The lowest BCUT2D eigenvalue weighted by Gasteiger charge is -2.16. The summed E-state index contributed by atoms with van der Waals surface area (Å²) in [6, 6.07) is 11.4. The molecule has 104 valence electrons. The maximum absolute atomic E-state index is 12.8. The quantitative estimate of drug-likeness (QED) is 0.656. The molecule has 0 radical (unpaired) electrons. The number of amides is 1. The Bertz CT molecular complexity index is 904. The van der Waals surface area contributed by atoms with Gasteiger partial charge in [0, 0.05) is 22.3 Å². The first-order valence-electron chi connectivity index (χ1n) is 7.04. The van der Waals surface area contributed by atoms with Gasteiger partial charge in [-0.2, -0.15) is 0 Å². The van der Waals surface area contributed by atoms with Crippen LogP contribution in [0.4, 0.5) is 5.69 Å². The molecule has 1 amide bonds. The van der Waals surface area contributed by atoms with Crippen molar-refractivity contribution in [3.63, 3.8) is 0 Å². The Kier molecular flexibility index (Phi) is 2.66. The standard InChI is InChI=1S/C17H13ClN2O/c1-2-8-20-14-5-3-4-13-16(14)15(17(20)21)11-9-10(18)6-7-12(11)19-13/h3-7,9H,2,8H2,1H3. The maximum atomic E-state index is 12.8. The number of hydrogen-bond donors (Lipinski definition) is 0. The number of halogens is 1. The highest BCUT2D eigenvalue weighted by molar-refractivity contribution is 6.33. The third-order valence-electron chi connectivity index (χ3n) is 3.94. The van der Waals surface area contributed by atoms with E-state index in [1.54, 1.807) is 0 Å². The fraction of sp³-hybridized carbons (Fsp3) is 0.176. The summed E-state index contributed by atoms with van der Waals surface area (Å²) in [5.74, 6) is 0.0534. The van der Waals surface area contributed by atoms with E-state index in [0.29, 0.717) is 11.6 Å². The summed E-state index contributed by atoms with van der Waals surface area (Å²) in [4.78, 5) is 19.4. The minimum absolute atomic E-state index is 0.0534. The maximum Gasteiger partial charge on any atom is 0.259 e. The lowest BCUT2D eigenvalue weighted by Crippen LogP contribution is -2.27. The van der Waals surface area contributed by atoms with Crippen molar-refractivity contribution in [3.05, 3.63) is 47.0 Å². The molecule has 4 rings (SSSR count). The number of nitrogens with zero attached hydrogens (tertiary/aromatic N) is 2. The zero-order valence-electron chi connectivity index (χ0n) is 11.6. The molecule has 0 saturated carbocycles. The Morgan fingerprint density at radius 3 is 2.86 bits per heavy atom. The van der Waals surface area contributed by atoms with Gasteiger partial charge >= 0.3 is 0 Å². The van der Waals surface area contributed by atoms with Crippen LogP contribution in [0.3, 0.4) is 0 Å². The van der Waals surface area contributed by atoms with Gasteiger partial charge in [0.2, 0.25) is 0 Å². The van der Waals surface area contributed by atoms with Crippen LogP contribution in [0, 0.1) is 0 Å². The van der Waals surface area contributed by atoms with Crippen molar-refractivity contribution < 1.29 is 4.79 Å². The number of carbonyl (C=O) groups is 1. The van der Waals surface area contributed by atoms with Gasteiger partial charge in [0.25, 0.3) is 5.91 Å². The predicted molar refractivity (Wildman–Crippen MR) is 86.2 cm³/mol. The monoisotopic (exact) mass is 296 g/mol. The van der Waals surface area contributed by atoms with Gasteiger partial charge in [-0.15, -0.1) is 0 Å². The minimum Gasteiger partial charge on any atom is -0.308 e. The van der Waals surface area contributed by atoms with E-state index < -0.39 is 0 Å². The Labute approximate surface area is 127 Å². The smallest absolute Gasteiger partial charge is 0.259 e. The van der Waals surface area contributed by atoms with Gasteiger partial charge in [-0.1, -0.05) is 24.6 Å². The van der Waals surface area contributed by atoms with Crippen LogP contribution in [0.25, 0.3) is 21.8 Å². The number of aromatic nitrogens is 1. The Hall–Kier alpha value is -2.13. The summed E-state index contributed by atoms with van der Waals surface area (Å²) in [6.45, 7) is 2.79. The zero-order chi connectivity index (χ0) is 14.6. The predicted octanol–water partition coefficient (Wildman–Crippen LogP) is 4.41. The Morgan fingerprint density at radius 1 is 1.19 bits per heavy atom. The molecule has 4 heteroatoms. The average Bonchev–Trinajstić information content (AvgIpc) is 2.76. The lowest BCUT2D eigenvalue weighted by molar-refractivity contribution is 0.0994. The van der Waals surface area contributed by atoms with Crippen LogP contribution in [0.1, 0.15) is 23.7 Å². The van der Waals surface area contributed by atoms with E-state index in [1.807, 2.05) is 41.3 Å². The minimum atomic E-state index is 0.0534. The molecule has 0 saturated heterocycles. The molecule has 0 aliphatic carbocycles. The SMILES string of the molecule is CCCN1C(=O)c2c3cc(Cl)ccc3nc3cccc1c23. The second-order valence-electron chi connectivity index (χ2n) is 5.28. The number of fused-ring (bicyclic) bond motifs is 2. The van der Waals surface area contributed by atoms with E-state index >= 15 is 0 Å². The first-order valence-corrected chi connectivity index (χ1v) is 7.42. The third kappa shape index (κ3) is 1.67. The molecule has 0 spiro atoms. The van der Waals surface area contributed by atoms with Gasteiger partial charge in [-0.05, 0) is 36.8 Å². The molecule has 0 unspecified atom stereocenters. The molecule has 1 aromatic heterocycles. The van der Waals surface area contributed by atoms with Crippen LogP contribution in [0.5, 0.6) is 0 Å². The topological polar surface area (TPSA) is 33.2 Å². The Balaban J connectivity index is 2.16. The van der Waals surface area contributed by atoms with Crippen molar-refractivity contribution in [1.82, 2.24) is 4.98 Å². The van der Waals surface area contributed by atoms with Gasteiger partial charge in [0.15, 0.2) is 0 Å². The number of pyridine rings is 1. The summed E-state index contributed by atoms with van der Waals surface area (Å²) in [6.07, 6.45) is 0.919. The van der Waals surface area contributed by atoms with E-state index in [0.717, 1.165) is 39.5 Å². The summed E-state index contributed by atoms with van der Waals surface area (Å²) in [7, 11) is 0. The fourth-order valence-electron chi connectivity index (χ4n) is 3.09. The van der Waals surface area contributed by atoms with Crippen molar-refractivity contribution in [1.29, 1.82) is 0 Å². The molecular formula is C17H13ClN2O. The van der Waals surface area contributed by atoms with Crippen molar-refractivity contribution in [3.8, 4) is 0 Å². The molecule has 0 bridgehead atoms. The highest BCUT2D eigenvalue weighted by atomic mass is 35.5. The average molecular weight is 297 g/mol. The molecule has 3 nitrogen and oxygen atoms in total.